The molecule has 3 aliphatic rings. The van der Waals surface area contributed by atoms with Gasteiger partial charge in [-0.1, -0.05) is 13.8 Å². The molecule has 6 atom stereocenters. The van der Waals surface area contributed by atoms with Crippen molar-refractivity contribution in [3.05, 3.63) is 28.6 Å². The van der Waals surface area contributed by atoms with Gasteiger partial charge in [0.1, 0.15) is 23.1 Å². The summed E-state index contributed by atoms with van der Waals surface area (Å²) in [5, 5.41) is 22.6. The minimum atomic E-state index is -2.23. The molecule has 34 heavy (non-hydrogen) atoms. The summed E-state index contributed by atoms with van der Waals surface area (Å²) in [6.45, 7) is 2.65. The third-order valence-corrected chi connectivity index (χ3v) is 8.37. The SMILES string of the molecule is CN(C)C1C(=O)C(C(N)=O)C(C)(C)C2(O)C(=O)C3C(=O)c4c(O)c(CN)cc(F)c4CC3CC12. The van der Waals surface area contributed by atoms with E-state index < -0.39 is 75.6 Å². The first-order valence-electron chi connectivity index (χ1n) is 11.2. The van der Waals surface area contributed by atoms with Crippen LogP contribution in [0.2, 0.25) is 0 Å². The van der Waals surface area contributed by atoms with E-state index in [0.29, 0.717) is 0 Å². The molecule has 6 N–H and O–H groups in total. The lowest BCUT2D eigenvalue weighted by Crippen LogP contribution is -2.76. The highest BCUT2D eigenvalue weighted by atomic mass is 19.1. The Morgan fingerprint density at radius 3 is 2.41 bits per heavy atom. The van der Waals surface area contributed by atoms with Crippen molar-refractivity contribution < 1.29 is 33.8 Å². The largest absolute Gasteiger partial charge is 0.507 e. The molecular weight excluding hydrogens is 445 g/mol. The first-order chi connectivity index (χ1) is 15.7. The third kappa shape index (κ3) is 2.88. The summed E-state index contributed by atoms with van der Waals surface area (Å²) in [5.74, 6) is -8.71. The van der Waals surface area contributed by atoms with Crippen LogP contribution < -0.4 is 11.5 Å². The number of nitrogens with two attached hydrogens (primary N) is 2. The maximum absolute atomic E-state index is 14.9. The van der Waals surface area contributed by atoms with Crippen molar-refractivity contribution in [3.63, 3.8) is 0 Å². The topological polar surface area (TPSA) is 164 Å². The van der Waals surface area contributed by atoms with E-state index in [0.717, 1.165) is 6.07 Å². The normalized spacial score (nSPS) is 34.5. The monoisotopic (exact) mass is 475 g/mol. The second-order valence-electron chi connectivity index (χ2n) is 10.6. The van der Waals surface area contributed by atoms with Gasteiger partial charge in [-0.2, -0.15) is 0 Å². The molecular formula is C24H30FN3O6. The van der Waals surface area contributed by atoms with Gasteiger partial charge in [-0.25, -0.2) is 4.39 Å². The smallest absolute Gasteiger partial charge is 0.228 e. The highest BCUT2D eigenvalue weighted by Crippen LogP contribution is 2.58. The lowest BCUT2D eigenvalue weighted by molar-refractivity contribution is -0.207. The molecule has 9 nitrogen and oxygen atoms in total. The first-order valence-corrected chi connectivity index (χ1v) is 11.2. The van der Waals surface area contributed by atoms with Crippen LogP contribution in [0.25, 0.3) is 0 Å². The van der Waals surface area contributed by atoms with Crippen LogP contribution in [0.1, 0.15) is 41.8 Å². The second kappa shape index (κ2) is 7.66. The molecule has 0 aromatic heterocycles. The van der Waals surface area contributed by atoms with Gasteiger partial charge in [0, 0.05) is 29.0 Å². The van der Waals surface area contributed by atoms with Gasteiger partial charge in [0.05, 0.1) is 17.5 Å². The summed E-state index contributed by atoms with van der Waals surface area (Å²) in [4.78, 5) is 54.8. The second-order valence-corrected chi connectivity index (χ2v) is 10.6. The van der Waals surface area contributed by atoms with Gasteiger partial charge in [0.15, 0.2) is 17.3 Å². The molecule has 0 heterocycles. The summed E-state index contributed by atoms with van der Waals surface area (Å²) in [6.07, 6.45) is 0.0444. The molecule has 1 aromatic carbocycles. The van der Waals surface area contributed by atoms with E-state index in [2.05, 4.69) is 0 Å². The molecule has 0 spiro atoms. The Hall–Kier alpha value is -2.69. The number of likely N-dealkylation sites (N-methyl/N-ethyl adjacent to an activating group) is 1. The summed E-state index contributed by atoms with van der Waals surface area (Å²) >= 11 is 0. The van der Waals surface area contributed by atoms with Crippen LogP contribution in [0, 0.1) is 34.9 Å². The van der Waals surface area contributed by atoms with Crippen LogP contribution in [-0.4, -0.2) is 64.1 Å². The number of amides is 1. The fourth-order valence-corrected chi connectivity index (χ4v) is 6.78. The van der Waals surface area contributed by atoms with Crippen LogP contribution in [0.15, 0.2) is 6.07 Å². The molecule has 184 valence electrons. The number of hydrogen-bond acceptors (Lipinski definition) is 8. The molecule has 4 rings (SSSR count). The quantitative estimate of drug-likeness (QED) is 0.441. The predicted octanol–water partition coefficient (Wildman–Crippen LogP) is -0.0781. The molecule has 3 aliphatic carbocycles. The van der Waals surface area contributed by atoms with Gasteiger partial charge in [0.2, 0.25) is 5.91 Å². The maximum Gasteiger partial charge on any atom is 0.228 e. The first kappa shape index (κ1) is 24.4. The fraction of sp³-hybridized carbons (Fsp3) is 0.583. The number of hydrogen-bond donors (Lipinski definition) is 4. The lowest BCUT2D eigenvalue weighted by Gasteiger charge is -2.60. The summed E-state index contributed by atoms with van der Waals surface area (Å²) in [7, 11) is 3.20. The number of carbonyl (C=O) groups excluding carboxylic acids is 4. The number of Topliss-reactive ketones (excluding diaryl/α,β-unsaturated/α-hetero) is 3. The number of halogens is 1. The number of nitrogens with zero attached hydrogens (tertiary/aromatic N) is 1. The van der Waals surface area contributed by atoms with Crippen molar-refractivity contribution in [1.29, 1.82) is 0 Å². The van der Waals surface area contributed by atoms with E-state index in [4.69, 9.17) is 11.5 Å². The average Bonchev–Trinajstić information content (AvgIpc) is 2.72. The number of phenols is 1. The van der Waals surface area contributed by atoms with Crippen molar-refractivity contribution in [2.45, 2.75) is 44.9 Å². The van der Waals surface area contributed by atoms with Crippen molar-refractivity contribution in [2.24, 2.45) is 40.6 Å². The average molecular weight is 476 g/mol. The highest BCUT2D eigenvalue weighted by molar-refractivity contribution is 6.18. The van der Waals surface area contributed by atoms with E-state index in [-0.39, 0.29) is 36.1 Å². The minimum Gasteiger partial charge on any atom is -0.507 e. The molecule has 1 amide bonds. The molecule has 0 radical (unpaired) electrons. The predicted molar refractivity (Wildman–Crippen MR) is 118 cm³/mol. The fourth-order valence-electron chi connectivity index (χ4n) is 6.78. The molecule has 1 aromatic rings. The van der Waals surface area contributed by atoms with E-state index in [1.54, 1.807) is 14.1 Å². The van der Waals surface area contributed by atoms with Gasteiger partial charge in [-0.15, -0.1) is 0 Å². The Balaban J connectivity index is 1.92. The van der Waals surface area contributed by atoms with E-state index in [1.807, 2.05) is 0 Å². The van der Waals surface area contributed by atoms with Crippen LogP contribution in [0.3, 0.4) is 0 Å². The number of primary amides is 1. The van der Waals surface area contributed by atoms with E-state index >= 15 is 0 Å². The zero-order valence-corrected chi connectivity index (χ0v) is 19.6. The van der Waals surface area contributed by atoms with Crippen LogP contribution in [-0.2, 0) is 27.3 Å². The molecule has 0 bridgehead atoms. The standard InChI is InChI=1S/C24H30FN3O6/c1-23(2)16(22(27)33)20(31)17(28(3)4)12-6-9-5-11-13(25)7-10(8-26)18(29)15(11)19(30)14(9)21(32)24(12,23)34/h7,9,12,14,16-17,29,34H,5-6,8,26H2,1-4H3,(H2,27,33). The molecule has 10 heteroatoms. The van der Waals surface area contributed by atoms with Crippen molar-refractivity contribution >= 4 is 23.3 Å². The Labute approximate surface area is 196 Å². The van der Waals surface area contributed by atoms with E-state index in [1.165, 1.54) is 18.7 Å². The highest BCUT2D eigenvalue weighted by Gasteiger charge is 2.72. The van der Waals surface area contributed by atoms with Gasteiger partial charge in [-0.3, -0.25) is 24.1 Å². The number of phenolic OH excluding ortho intramolecular Hbond substituents is 1. The Morgan fingerprint density at radius 2 is 1.88 bits per heavy atom. The van der Waals surface area contributed by atoms with Crippen LogP contribution in [0.5, 0.6) is 5.75 Å². The number of aromatic hydroxyl groups is 1. The van der Waals surface area contributed by atoms with Crippen molar-refractivity contribution in [1.82, 2.24) is 4.90 Å². The number of aliphatic hydroxyl groups is 1. The molecule has 6 unspecified atom stereocenters. The van der Waals surface area contributed by atoms with E-state index in [9.17, 15) is 33.8 Å². The minimum absolute atomic E-state index is 0.00278. The number of benzene rings is 1. The lowest BCUT2D eigenvalue weighted by atomic mass is 9.45. The maximum atomic E-state index is 14.9. The Morgan fingerprint density at radius 1 is 1.26 bits per heavy atom. The molecule has 0 aliphatic heterocycles. The number of ketones is 3. The van der Waals surface area contributed by atoms with Gasteiger partial charge in [-0.05, 0) is 38.9 Å². The van der Waals surface area contributed by atoms with Crippen LogP contribution >= 0.6 is 0 Å². The summed E-state index contributed by atoms with van der Waals surface area (Å²) < 4.78 is 14.9. The van der Waals surface area contributed by atoms with Gasteiger partial charge < -0.3 is 21.7 Å². The zero-order chi connectivity index (χ0) is 25.5. The Bertz CT molecular complexity index is 1130. The number of rotatable bonds is 3. The summed E-state index contributed by atoms with van der Waals surface area (Å²) in [6, 6.07) is 0.0746. The molecule has 2 fully saturated rings. The third-order valence-electron chi connectivity index (χ3n) is 8.37. The van der Waals surface area contributed by atoms with Gasteiger partial charge >= 0.3 is 0 Å². The van der Waals surface area contributed by atoms with Gasteiger partial charge in [0.25, 0.3) is 0 Å². The zero-order valence-electron chi connectivity index (χ0n) is 19.6. The molecule has 0 saturated heterocycles. The summed E-state index contributed by atoms with van der Waals surface area (Å²) in [5.41, 5.74) is 7.05. The Kier molecular flexibility index (Phi) is 5.50. The van der Waals surface area contributed by atoms with Crippen molar-refractivity contribution in [2.75, 3.05) is 14.1 Å². The van der Waals surface area contributed by atoms with Crippen LogP contribution in [0.4, 0.5) is 4.39 Å². The molecule has 2 saturated carbocycles. The number of carbonyl (C=O) groups is 4. The van der Waals surface area contributed by atoms with Crippen molar-refractivity contribution in [3.8, 4) is 5.75 Å². The number of fused-ring (bicyclic) bond motifs is 3.